The molecule has 0 atom stereocenters. The fourth-order valence-electron chi connectivity index (χ4n) is 1.96. The summed E-state index contributed by atoms with van der Waals surface area (Å²) in [6.45, 7) is 4.89. The molecule has 0 bridgehead atoms. The van der Waals surface area contributed by atoms with Crippen molar-refractivity contribution in [2.24, 2.45) is 0 Å². The number of benzene rings is 2. The minimum Gasteiger partial charge on any atom is -0.395 e. The Hall–Kier alpha value is -1.80. The third kappa shape index (κ3) is 2.90. The Morgan fingerprint density at radius 1 is 0.778 bits per heavy atom. The van der Waals surface area contributed by atoms with Crippen molar-refractivity contribution < 1.29 is 5.11 Å². The number of nitrogens with zero attached hydrogens (tertiary/aromatic N) is 1. The van der Waals surface area contributed by atoms with Gasteiger partial charge in [0.15, 0.2) is 0 Å². The van der Waals surface area contributed by atoms with Gasteiger partial charge in [-0.1, -0.05) is 35.4 Å². The highest BCUT2D eigenvalue weighted by Gasteiger charge is 2.07. The summed E-state index contributed by atoms with van der Waals surface area (Å²) in [5.41, 5.74) is 4.70. The van der Waals surface area contributed by atoms with E-state index >= 15 is 0 Å². The summed E-state index contributed by atoms with van der Waals surface area (Å²) in [7, 11) is 0. The summed E-state index contributed by atoms with van der Waals surface area (Å²) in [5, 5.41) is 9.23. The van der Waals surface area contributed by atoms with Gasteiger partial charge < -0.3 is 10.0 Å². The summed E-state index contributed by atoms with van der Waals surface area (Å²) in [5.74, 6) is 0. The number of hydrogen-bond acceptors (Lipinski definition) is 2. The molecule has 2 heteroatoms. The fraction of sp³-hybridized carbons (Fsp3) is 0.250. The lowest BCUT2D eigenvalue weighted by atomic mass is 10.1. The first-order valence-corrected chi connectivity index (χ1v) is 6.22. The first kappa shape index (κ1) is 12.7. The predicted molar refractivity (Wildman–Crippen MR) is 76.4 cm³/mol. The monoisotopic (exact) mass is 241 g/mol. The van der Waals surface area contributed by atoms with E-state index in [-0.39, 0.29) is 6.61 Å². The van der Waals surface area contributed by atoms with Crippen molar-refractivity contribution in [1.82, 2.24) is 0 Å². The molecule has 94 valence electrons. The Kier molecular flexibility index (Phi) is 4.00. The molecule has 1 N–H and O–H groups in total. The molecule has 0 aliphatic rings. The molecular formula is C16H19NO. The maximum atomic E-state index is 9.23. The lowest BCUT2D eigenvalue weighted by Gasteiger charge is -2.24. The molecule has 0 radical (unpaired) electrons. The van der Waals surface area contributed by atoms with Gasteiger partial charge >= 0.3 is 0 Å². The van der Waals surface area contributed by atoms with Crippen LogP contribution in [0, 0.1) is 13.8 Å². The highest BCUT2D eigenvalue weighted by molar-refractivity contribution is 5.63. The molecule has 0 heterocycles. The van der Waals surface area contributed by atoms with E-state index in [4.69, 9.17) is 0 Å². The van der Waals surface area contributed by atoms with Crippen molar-refractivity contribution in [2.75, 3.05) is 18.1 Å². The van der Waals surface area contributed by atoms with Gasteiger partial charge in [-0.25, -0.2) is 0 Å². The summed E-state index contributed by atoms with van der Waals surface area (Å²) in [6.07, 6.45) is 0. The number of rotatable bonds is 4. The maximum Gasteiger partial charge on any atom is 0.0610 e. The molecular weight excluding hydrogens is 222 g/mol. The van der Waals surface area contributed by atoms with Crippen molar-refractivity contribution in [2.45, 2.75) is 13.8 Å². The van der Waals surface area contributed by atoms with E-state index in [9.17, 15) is 5.11 Å². The van der Waals surface area contributed by atoms with E-state index in [1.807, 2.05) is 0 Å². The van der Waals surface area contributed by atoms with Gasteiger partial charge in [0.1, 0.15) is 0 Å². The summed E-state index contributed by atoms with van der Waals surface area (Å²) >= 11 is 0. The largest absolute Gasteiger partial charge is 0.395 e. The molecule has 2 aromatic carbocycles. The van der Waals surface area contributed by atoms with E-state index in [0.29, 0.717) is 6.54 Å². The van der Waals surface area contributed by atoms with Crippen LogP contribution < -0.4 is 4.90 Å². The molecule has 0 amide bonds. The number of anilines is 2. The first-order valence-electron chi connectivity index (χ1n) is 6.22. The first-order chi connectivity index (χ1) is 8.70. The highest BCUT2D eigenvalue weighted by Crippen LogP contribution is 2.25. The van der Waals surface area contributed by atoms with Crippen LogP contribution in [-0.4, -0.2) is 18.3 Å². The lowest BCUT2D eigenvalue weighted by Crippen LogP contribution is -2.20. The lowest BCUT2D eigenvalue weighted by molar-refractivity contribution is 0.305. The summed E-state index contributed by atoms with van der Waals surface area (Å²) in [4.78, 5) is 2.12. The van der Waals surface area contributed by atoms with Crippen LogP contribution in [0.15, 0.2) is 48.5 Å². The molecule has 2 aromatic rings. The normalized spacial score (nSPS) is 10.4. The predicted octanol–water partition coefficient (Wildman–Crippen LogP) is 3.43. The zero-order chi connectivity index (χ0) is 13.0. The molecule has 0 saturated carbocycles. The van der Waals surface area contributed by atoms with Crippen LogP contribution in [-0.2, 0) is 0 Å². The van der Waals surface area contributed by atoms with Crippen molar-refractivity contribution in [3.63, 3.8) is 0 Å². The highest BCUT2D eigenvalue weighted by atomic mass is 16.3. The van der Waals surface area contributed by atoms with Gasteiger partial charge in [0, 0.05) is 17.9 Å². The van der Waals surface area contributed by atoms with Crippen LogP contribution in [0.2, 0.25) is 0 Å². The fourth-order valence-corrected chi connectivity index (χ4v) is 1.96. The molecule has 0 aromatic heterocycles. The van der Waals surface area contributed by atoms with E-state index in [1.165, 1.54) is 11.1 Å². The van der Waals surface area contributed by atoms with E-state index < -0.39 is 0 Å². The van der Waals surface area contributed by atoms with E-state index in [1.54, 1.807) is 0 Å². The zero-order valence-electron chi connectivity index (χ0n) is 10.9. The Bertz CT molecular complexity index is 442. The number of hydrogen-bond donors (Lipinski definition) is 1. The summed E-state index contributed by atoms with van der Waals surface area (Å²) < 4.78 is 0. The topological polar surface area (TPSA) is 23.5 Å². The number of aliphatic hydroxyl groups excluding tert-OH is 1. The summed E-state index contributed by atoms with van der Waals surface area (Å²) in [6, 6.07) is 16.7. The molecule has 0 saturated heterocycles. The van der Waals surface area contributed by atoms with Crippen LogP contribution in [0.3, 0.4) is 0 Å². The van der Waals surface area contributed by atoms with Crippen molar-refractivity contribution in [1.29, 1.82) is 0 Å². The van der Waals surface area contributed by atoms with Gasteiger partial charge in [0.2, 0.25) is 0 Å². The third-order valence-corrected chi connectivity index (χ3v) is 3.01. The van der Waals surface area contributed by atoms with Crippen LogP contribution in [0.25, 0.3) is 0 Å². The maximum absolute atomic E-state index is 9.23. The number of aliphatic hydroxyl groups is 1. The third-order valence-electron chi connectivity index (χ3n) is 3.01. The van der Waals surface area contributed by atoms with Crippen LogP contribution in [0.1, 0.15) is 11.1 Å². The smallest absolute Gasteiger partial charge is 0.0610 e. The molecule has 2 rings (SSSR count). The SMILES string of the molecule is Cc1ccc(N(CCO)c2ccc(C)cc2)cc1. The molecule has 0 fully saturated rings. The molecule has 2 nitrogen and oxygen atoms in total. The van der Waals surface area contributed by atoms with E-state index in [0.717, 1.165) is 11.4 Å². The Morgan fingerprint density at radius 3 is 1.50 bits per heavy atom. The number of aryl methyl sites for hydroxylation is 2. The average Bonchev–Trinajstić information content (AvgIpc) is 2.39. The van der Waals surface area contributed by atoms with Crippen LogP contribution in [0.4, 0.5) is 11.4 Å². The quantitative estimate of drug-likeness (QED) is 0.886. The van der Waals surface area contributed by atoms with Crippen molar-refractivity contribution in [3.8, 4) is 0 Å². The minimum absolute atomic E-state index is 0.141. The van der Waals surface area contributed by atoms with Crippen molar-refractivity contribution in [3.05, 3.63) is 59.7 Å². The van der Waals surface area contributed by atoms with Gasteiger partial charge in [-0.05, 0) is 38.1 Å². The van der Waals surface area contributed by atoms with Crippen LogP contribution >= 0.6 is 0 Å². The zero-order valence-corrected chi connectivity index (χ0v) is 10.9. The van der Waals surface area contributed by atoms with Gasteiger partial charge in [0.05, 0.1) is 6.61 Å². The van der Waals surface area contributed by atoms with Gasteiger partial charge in [-0.15, -0.1) is 0 Å². The second-order valence-electron chi connectivity index (χ2n) is 4.55. The second-order valence-corrected chi connectivity index (χ2v) is 4.55. The molecule has 18 heavy (non-hydrogen) atoms. The van der Waals surface area contributed by atoms with Crippen molar-refractivity contribution >= 4 is 11.4 Å². The van der Waals surface area contributed by atoms with Gasteiger partial charge in [-0.2, -0.15) is 0 Å². The molecule has 0 aliphatic carbocycles. The van der Waals surface area contributed by atoms with Crippen LogP contribution in [0.5, 0.6) is 0 Å². The molecule has 0 unspecified atom stereocenters. The second kappa shape index (κ2) is 5.69. The standard InChI is InChI=1S/C16H19NO/c1-13-3-7-15(8-4-13)17(11-12-18)16-9-5-14(2)6-10-16/h3-10,18H,11-12H2,1-2H3. The average molecular weight is 241 g/mol. The minimum atomic E-state index is 0.141. The van der Waals surface area contributed by atoms with Gasteiger partial charge in [0.25, 0.3) is 0 Å². The van der Waals surface area contributed by atoms with Gasteiger partial charge in [-0.3, -0.25) is 0 Å². The Labute approximate surface area is 109 Å². The Balaban J connectivity index is 2.33. The molecule has 0 aliphatic heterocycles. The van der Waals surface area contributed by atoms with E-state index in [2.05, 4.69) is 67.3 Å². The molecule has 0 spiro atoms. The Morgan fingerprint density at radius 2 is 1.17 bits per heavy atom.